The van der Waals surface area contributed by atoms with Gasteiger partial charge >= 0.3 is 5.97 Å². The molecule has 5 nitrogen and oxygen atoms in total. The third kappa shape index (κ3) is 2.19. The van der Waals surface area contributed by atoms with Gasteiger partial charge in [-0.05, 0) is 19.3 Å². The van der Waals surface area contributed by atoms with Crippen LogP contribution < -0.4 is 5.73 Å². The van der Waals surface area contributed by atoms with Crippen molar-refractivity contribution in [2.45, 2.75) is 39.2 Å². The van der Waals surface area contributed by atoms with Crippen molar-refractivity contribution in [1.29, 1.82) is 0 Å². The van der Waals surface area contributed by atoms with E-state index in [1.807, 2.05) is 13.8 Å². The Bertz CT molecular complexity index is 293. The molecule has 1 rings (SSSR count). The van der Waals surface area contributed by atoms with Crippen molar-refractivity contribution >= 4 is 11.9 Å². The number of carbonyl (C=O) groups excluding carboxylic acids is 1. The van der Waals surface area contributed by atoms with Crippen molar-refractivity contribution in [1.82, 2.24) is 4.90 Å². The summed E-state index contributed by atoms with van der Waals surface area (Å²) in [5.74, 6) is -0.936. The molecule has 0 saturated carbocycles. The second-order valence-corrected chi connectivity index (χ2v) is 4.46. The molecule has 92 valence electrons. The van der Waals surface area contributed by atoms with Gasteiger partial charge < -0.3 is 15.7 Å². The van der Waals surface area contributed by atoms with Crippen LogP contribution in [0, 0.1) is 5.41 Å². The molecule has 0 radical (unpaired) electrons. The standard InChI is InChI=1S/C11H20N2O3/c1-3-8(12)9(14)13-6-5-11(4-2,7-13)10(15)16/h8H,3-7,12H2,1-2H3,(H,15,16). The van der Waals surface area contributed by atoms with Gasteiger partial charge in [0.25, 0.3) is 0 Å². The molecule has 1 heterocycles. The molecule has 0 aromatic rings. The number of rotatable bonds is 4. The van der Waals surface area contributed by atoms with E-state index in [2.05, 4.69) is 0 Å². The van der Waals surface area contributed by atoms with Crippen molar-refractivity contribution in [3.05, 3.63) is 0 Å². The first-order chi connectivity index (χ1) is 7.46. The summed E-state index contributed by atoms with van der Waals surface area (Å²) in [6, 6.07) is -0.499. The average molecular weight is 228 g/mol. The zero-order valence-corrected chi connectivity index (χ0v) is 9.90. The predicted octanol–water partition coefficient (Wildman–Crippen LogP) is 0.437. The smallest absolute Gasteiger partial charge is 0.311 e. The van der Waals surface area contributed by atoms with E-state index in [0.717, 1.165) is 0 Å². The molecule has 0 bridgehead atoms. The van der Waals surface area contributed by atoms with E-state index in [1.165, 1.54) is 0 Å². The fraction of sp³-hybridized carbons (Fsp3) is 0.818. The summed E-state index contributed by atoms with van der Waals surface area (Å²) in [6.45, 7) is 4.50. The lowest BCUT2D eigenvalue weighted by Gasteiger charge is -2.24. The topological polar surface area (TPSA) is 83.6 Å². The Balaban J connectivity index is 2.71. The van der Waals surface area contributed by atoms with Crippen molar-refractivity contribution in [3.63, 3.8) is 0 Å². The predicted molar refractivity (Wildman–Crippen MR) is 59.8 cm³/mol. The van der Waals surface area contributed by atoms with Gasteiger partial charge in [-0.25, -0.2) is 0 Å². The van der Waals surface area contributed by atoms with Gasteiger partial charge in [-0.3, -0.25) is 9.59 Å². The van der Waals surface area contributed by atoms with E-state index in [4.69, 9.17) is 5.73 Å². The summed E-state index contributed by atoms with van der Waals surface area (Å²) in [7, 11) is 0. The summed E-state index contributed by atoms with van der Waals surface area (Å²) < 4.78 is 0. The second-order valence-electron chi connectivity index (χ2n) is 4.46. The molecule has 1 fully saturated rings. The molecule has 5 heteroatoms. The molecule has 1 saturated heterocycles. The molecule has 0 spiro atoms. The second kappa shape index (κ2) is 4.82. The Kier molecular flexibility index (Phi) is 3.91. The molecule has 1 amide bonds. The Morgan fingerprint density at radius 1 is 1.50 bits per heavy atom. The lowest BCUT2D eigenvalue weighted by Crippen LogP contribution is -2.44. The Morgan fingerprint density at radius 2 is 2.12 bits per heavy atom. The van der Waals surface area contributed by atoms with E-state index in [0.29, 0.717) is 32.4 Å². The molecule has 1 aliphatic rings. The first-order valence-corrected chi connectivity index (χ1v) is 5.74. The maximum atomic E-state index is 11.8. The van der Waals surface area contributed by atoms with Gasteiger partial charge in [0.05, 0.1) is 11.5 Å². The summed E-state index contributed by atoms with van der Waals surface area (Å²) in [5, 5.41) is 9.19. The summed E-state index contributed by atoms with van der Waals surface area (Å²) in [5.41, 5.74) is 4.90. The van der Waals surface area contributed by atoms with Crippen LogP contribution in [-0.4, -0.2) is 41.0 Å². The number of nitrogens with zero attached hydrogens (tertiary/aromatic N) is 1. The average Bonchev–Trinajstić information content (AvgIpc) is 2.72. The minimum Gasteiger partial charge on any atom is -0.481 e. The summed E-state index contributed by atoms with van der Waals surface area (Å²) >= 11 is 0. The highest BCUT2D eigenvalue weighted by Crippen LogP contribution is 2.34. The number of carboxylic acids is 1. The molecule has 2 atom stereocenters. The van der Waals surface area contributed by atoms with Crippen LogP contribution in [0.25, 0.3) is 0 Å². The van der Waals surface area contributed by atoms with Gasteiger partial charge in [-0.1, -0.05) is 13.8 Å². The van der Waals surface area contributed by atoms with Crippen LogP contribution in [0.1, 0.15) is 33.1 Å². The van der Waals surface area contributed by atoms with E-state index in [9.17, 15) is 14.7 Å². The van der Waals surface area contributed by atoms with Gasteiger partial charge in [0, 0.05) is 13.1 Å². The number of hydrogen-bond acceptors (Lipinski definition) is 3. The molecule has 16 heavy (non-hydrogen) atoms. The highest BCUT2D eigenvalue weighted by atomic mass is 16.4. The molecule has 2 unspecified atom stereocenters. The molecular formula is C11H20N2O3. The highest BCUT2D eigenvalue weighted by molar-refractivity contribution is 5.84. The van der Waals surface area contributed by atoms with Crippen molar-refractivity contribution < 1.29 is 14.7 Å². The fourth-order valence-electron chi connectivity index (χ4n) is 2.08. The quantitative estimate of drug-likeness (QED) is 0.731. The zero-order valence-electron chi connectivity index (χ0n) is 9.90. The third-order valence-corrected chi connectivity index (χ3v) is 3.55. The number of nitrogens with two attached hydrogens (primary N) is 1. The minimum atomic E-state index is -0.810. The van der Waals surface area contributed by atoms with Crippen LogP contribution in [0.3, 0.4) is 0 Å². The molecule has 0 aromatic carbocycles. The normalized spacial score (nSPS) is 26.8. The van der Waals surface area contributed by atoms with Crippen molar-refractivity contribution in [3.8, 4) is 0 Å². The maximum Gasteiger partial charge on any atom is 0.311 e. The molecule has 3 N–H and O–H groups in total. The summed E-state index contributed by atoms with van der Waals surface area (Å²) in [6.07, 6.45) is 1.66. The lowest BCUT2D eigenvalue weighted by atomic mass is 9.84. The third-order valence-electron chi connectivity index (χ3n) is 3.55. The first-order valence-electron chi connectivity index (χ1n) is 5.74. The van der Waals surface area contributed by atoms with E-state index < -0.39 is 17.4 Å². The first kappa shape index (κ1) is 13.0. The Labute approximate surface area is 95.6 Å². The van der Waals surface area contributed by atoms with Crippen molar-refractivity contribution in [2.24, 2.45) is 11.1 Å². The van der Waals surface area contributed by atoms with Crippen LogP contribution in [-0.2, 0) is 9.59 Å². The van der Waals surface area contributed by atoms with Gasteiger partial charge in [0.1, 0.15) is 0 Å². The van der Waals surface area contributed by atoms with Crippen molar-refractivity contribution in [2.75, 3.05) is 13.1 Å². The fourth-order valence-corrected chi connectivity index (χ4v) is 2.08. The maximum absolute atomic E-state index is 11.8. The number of amides is 1. The van der Waals surface area contributed by atoms with E-state index in [1.54, 1.807) is 4.90 Å². The van der Waals surface area contributed by atoms with Crippen LogP contribution in [0.15, 0.2) is 0 Å². The van der Waals surface area contributed by atoms with Gasteiger partial charge in [0.15, 0.2) is 0 Å². The number of aliphatic carboxylic acids is 1. The zero-order chi connectivity index (χ0) is 12.3. The van der Waals surface area contributed by atoms with Crippen LogP contribution in [0.2, 0.25) is 0 Å². The Hall–Kier alpha value is -1.10. The molecule has 0 aromatic heterocycles. The molecule has 1 aliphatic heterocycles. The number of likely N-dealkylation sites (tertiary alicyclic amines) is 1. The highest BCUT2D eigenvalue weighted by Gasteiger charge is 2.45. The summed E-state index contributed by atoms with van der Waals surface area (Å²) in [4.78, 5) is 24.6. The SMILES string of the molecule is CCC(N)C(=O)N1CCC(CC)(C(=O)O)C1. The van der Waals surface area contributed by atoms with Gasteiger partial charge in [-0.15, -0.1) is 0 Å². The largest absolute Gasteiger partial charge is 0.481 e. The lowest BCUT2D eigenvalue weighted by molar-refractivity contribution is -0.148. The van der Waals surface area contributed by atoms with Crippen LogP contribution >= 0.6 is 0 Å². The monoisotopic (exact) mass is 228 g/mol. The van der Waals surface area contributed by atoms with E-state index in [-0.39, 0.29) is 5.91 Å². The van der Waals surface area contributed by atoms with E-state index >= 15 is 0 Å². The number of carboxylic acid groups (broad SMARTS) is 1. The number of hydrogen-bond donors (Lipinski definition) is 2. The van der Waals surface area contributed by atoms with Crippen LogP contribution in [0.5, 0.6) is 0 Å². The molecular weight excluding hydrogens is 208 g/mol. The van der Waals surface area contributed by atoms with Gasteiger partial charge in [0.2, 0.25) is 5.91 Å². The minimum absolute atomic E-state index is 0.126. The number of carbonyl (C=O) groups is 2. The van der Waals surface area contributed by atoms with Gasteiger partial charge in [-0.2, -0.15) is 0 Å². The molecule has 0 aliphatic carbocycles. The van der Waals surface area contributed by atoms with Crippen LogP contribution in [0.4, 0.5) is 0 Å². The Morgan fingerprint density at radius 3 is 2.50 bits per heavy atom.